The minimum Gasteiger partial charge on any atom is -0.352 e. The van der Waals surface area contributed by atoms with Crippen LogP contribution in [0.5, 0.6) is 0 Å². The highest BCUT2D eigenvalue weighted by molar-refractivity contribution is 8.00. The summed E-state index contributed by atoms with van der Waals surface area (Å²) in [6, 6.07) is 8.03. The number of thiophene rings is 1. The van der Waals surface area contributed by atoms with Crippen molar-refractivity contribution in [1.82, 2.24) is 15.5 Å². The summed E-state index contributed by atoms with van der Waals surface area (Å²) in [5.74, 6) is -0.241. The fraction of sp³-hybridized carbons (Fsp3) is 0.400. The quantitative estimate of drug-likeness (QED) is 0.721. The molecule has 0 spiro atoms. The summed E-state index contributed by atoms with van der Waals surface area (Å²) in [6.45, 7) is 0.470. The highest BCUT2D eigenvalue weighted by Crippen LogP contribution is 2.24. The van der Waals surface area contributed by atoms with Crippen LogP contribution in [-0.4, -0.2) is 54.4 Å². The van der Waals surface area contributed by atoms with Crippen molar-refractivity contribution in [2.75, 3.05) is 26.4 Å². The highest BCUT2D eigenvalue weighted by atomic mass is 32.2. The lowest BCUT2D eigenvalue weighted by Crippen LogP contribution is -2.55. The van der Waals surface area contributed by atoms with Gasteiger partial charge in [0.05, 0.1) is 11.3 Å². The van der Waals surface area contributed by atoms with E-state index in [4.69, 9.17) is 0 Å². The minimum absolute atomic E-state index is 0.0796. The Balaban J connectivity index is 1.52. The van der Waals surface area contributed by atoms with Crippen molar-refractivity contribution in [3.8, 4) is 0 Å². The van der Waals surface area contributed by atoms with Crippen LogP contribution in [-0.2, 0) is 16.0 Å². The molecule has 2 aromatic rings. The second-order valence-corrected chi connectivity index (χ2v) is 8.98. The zero-order valence-electron chi connectivity index (χ0n) is 15.9. The van der Waals surface area contributed by atoms with E-state index in [1.165, 1.54) is 17.8 Å². The third-order valence-corrected chi connectivity index (χ3v) is 6.78. The average Bonchev–Trinajstić information content (AvgIpc) is 3.19. The van der Waals surface area contributed by atoms with Gasteiger partial charge in [0.1, 0.15) is 11.9 Å². The van der Waals surface area contributed by atoms with Crippen LogP contribution in [0.4, 0.5) is 4.39 Å². The summed E-state index contributed by atoms with van der Waals surface area (Å²) < 4.78 is 13.8. The van der Waals surface area contributed by atoms with Gasteiger partial charge in [0.2, 0.25) is 11.8 Å². The Morgan fingerprint density at radius 3 is 2.79 bits per heavy atom. The first-order valence-corrected chi connectivity index (χ1v) is 11.1. The number of hydrogen-bond acceptors (Lipinski definition) is 5. The Morgan fingerprint density at radius 2 is 2.14 bits per heavy atom. The molecule has 1 aliphatic heterocycles. The molecule has 1 saturated heterocycles. The molecule has 0 saturated carbocycles. The van der Waals surface area contributed by atoms with E-state index < -0.39 is 6.04 Å². The van der Waals surface area contributed by atoms with E-state index in [-0.39, 0.29) is 28.9 Å². The van der Waals surface area contributed by atoms with Crippen molar-refractivity contribution in [3.63, 3.8) is 0 Å². The molecular formula is C20H24FN3O2S2. The number of rotatable bonds is 7. The first kappa shape index (κ1) is 20.8. The van der Waals surface area contributed by atoms with Gasteiger partial charge in [-0.2, -0.15) is 11.3 Å². The van der Waals surface area contributed by atoms with E-state index in [1.807, 2.05) is 25.5 Å². The lowest BCUT2D eigenvalue weighted by atomic mass is 10.1. The maximum atomic E-state index is 13.8. The largest absolute Gasteiger partial charge is 0.352 e. The van der Waals surface area contributed by atoms with Gasteiger partial charge in [0.15, 0.2) is 0 Å². The summed E-state index contributed by atoms with van der Waals surface area (Å²) in [7, 11) is 3.94. The van der Waals surface area contributed by atoms with Crippen LogP contribution >= 0.6 is 23.1 Å². The molecule has 1 aliphatic rings. The predicted molar refractivity (Wildman–Crippen MR) is 112 cm³/mol. The summed E-state index contributed by atoms with van der Waals surface area (Å²) in [4.78, 5) is 27.0. The van der Waals surface area contributed by atoms with Gasteiger partial charge in [-0.05, 0) is 54.5 Å². The molecule has 2 amide bonds. The molecular weight excluding hydrogens is 397 g/mol. The maximum absolute atomic E-state index is 13.8. The molecule has 1 aromatic heterocycles. The average molecular weight is 422 g/mol. The van der Waals surface area contributed by atoms with Crippen molar-refractivity contribution < 1.29 is 14.0 Å². The molecule has 3 rings (SSSR count). The van der Waals surface area contributed by atoms with Crippen LogP contribution < -0.4 is 10.6 Å². The van der Waals surface area contributed by atoms with Gasteiger partial charge in [0, 0.05) is 12.3 Å². The Bertz CT molecular complexity index is 814. The molecule has 0 bridgehead atoms. The monoisotopic (exact) mass is 421 g/mol. The number of likely N-dealkylation sites (N-methyl/N-ethyl adjacent to an activating group) is 1. The van der Waals surface area contributed by atoms with E-state index in [0.29, 0.717) is 24.3 Å². The van der Waals surface area contributed by atoms with Crippen molar-refractivity contribution >= 4 is 34.9 Å². The van der Waals surface area contributed by atoms with Crippen LogP contribution in [0.2, 0.25) is 0 Å². The fourth-order valence-electron chi connectivity index (χ4n) is 3.13. The number of thioether (sulfide) groups is 1. The van der Waals surface area contributed by atoms with Gasteiger partial charge >= 0.3 is 0 Å². The normalized spacial score (nSPS) is 20.6. The van der Waals surface area contributed by atoms with E-state index in [2.05, 4.69) is 20.9 Å². The van der Waals surface area contributed by atoms with Crippen LogP contribution in [0.25, 0.3) is 0 Å². The topological polar surface area (TPSA) is 61.4 Å². The van der Waals surface area contributed by atoms with Crippen LogP contribution in [0.15, 0.2) is 41.1 Å². The lowest BCUT2D eigenvalue weighted by molar-refractivity contribution is -0.128. The Labute approximate surface area is 172 Å². The van der Waals surface area contributed by atoms with Crippen molar-refractivity contribution in [2.45, 2.75) is 23.8 Å². The van der Waals surface area contributed by atoms with Gasteiger partial charge in [0.25, 0.3) is 0 Å². The number of hydrogen-bond donors (Lipinski definition) is 2. The molecule has 3 atom stereocenters. The molecule has 8 heteroatoms. The molecule has 150 valence electrons. The number of carbonyl (C=O) groups is 2. The molecule has 2 N–H and O–H groups in total. The molecule has 0 unspecified atom stereocenters. The van der Waals surface area contributed by atoms with Crippen LogP contribution in [0.1, 0.15) is 17.2 Å². The van der Waals surface area contributed by atoms with Gasteiger partial charge < -0.3 is 15.5 Å². The summed E-state index contributed by atoms with van der Waals surface area (Å²) in [5.41, 5.74) is 1.67. The second kappa shape index (κ2) is 9.54. The second-order valence-electron chi connectivity index (χ2n) is 6.96. The zero-order valence-corrected chi connectivity index (χ0v) is 17.5. The number of amides is 2. The van der Waals surface area contributed by atoms with E-state index >= 15 is 0 Å². The molecule has 1 fully saturated rings. The number of nitrogens with one attached hydrogen (secondary N) is 2. The Kier molecular flexibility index (Phi) is 7.09. The summed E-state index contributed by atoms with van der Waals surface area (Å²) in [6.07, 6.45) is 0.318. The molecule has 5 nitrogen and oxygen atoms in total. The molecule has 28 heavy (non-hydrogen) atoms. The predicted octanol–water partition coefficient (Wildman–Crippen LogP) is 2.45. The van der Waals surface area contributed by atoms with E-state index in [0.717, 1.165) is 5.56 Å². The van der Waals surface area contributed by atoms with Gasteiger partial charge in [-0.1, -0.05) is 18.2 Å². The number of halogens is 1. The number of nitrogens with zero attached hydrogens (tertiary/aromatic N) is 1. The van der Waals surface area contributed by atoms with Crippen LogP contribution in [0, 0.1) is 5.82 Å². The molecule has 1 aromatic carbocycles. The first-order chi connectivity index (χ1) is 13.5. The van der Waals surface area contributed by atoms with Crippen molar-refractivity contribution in [1.29, 1.82) is 0 Å². The van der Waals surface area contributed by atoms with E-state index in [1.54, 1.807) is 29.5 Å². The molecule has 2 heterocycles. The third-order valence-electron chi connectivity index (χ3n) is 4.77. The van der Waals surface area contributed by atoms with E-state index in [9.17, 15) is 14.0 Å². The smallest absolute Gasteiger partial charge is 0.243 e. The van der Waals surface area contributed by atoms with Gasteiger partial charge in [-0.3, -0.25) is 9.59 Å². The van der Waals surface area contributed by atoms with Crippen LogP contribution in [0.3, 0.4) is 0 Å². The SMILES string of the molecule is CN(C)[C@H](CNC(=O)[C@H]1CS[C@H](Cc2ccccc2F)C(=O)N1)c1ccsc1. The zero-order chi connectivity index (χ0) is 20.1. The molecule has 0 aliphatic carbocycles. The summed E-state index contributed by atoms with van der Waals surface area (Å²) >= 11 is 3.02. The number of carbonyl (C=O) groups excluding carboxylic acids is 2. The minimum atomic E-state index is -0.570. The maximum Gasteiger partial charge on any atom is 0.243 e. The highest BCUT2D eigenvalue weighted by Gasteiger charge is 2.33. The van der Waals surface area contributed by atoms with Crippen molar-refractivity contribution in [3.05, 3.63) is 58.0 Å². The standard InChI is InChI=1S/C20H24FN3O2S2/c1-24(2)17(14-7-8-27-11-14)10-22-19(25)16-12-28-18(20(26)23-16)9-13-5-3-4-6-15(13)21/h3-8,11,16-18H,9-10,12H2,1-2H3,(H,22,25)(H,23,26)/t16-,17-,18-/m1/s1. The van der Waals surface area contributed by atoms with Gasteiger partial charge in [-0.15, -0.1) is 11.8 Å². The first-order valence-electron chi connectivity index (χ1n) is 9.07. The lowest BCUT2D eigenvalue weighted by Gasteiger charge is -2.29. The Hall–Kier alpha value is -1.90. The molecule has 0 radical (unpaired) electrons. The van der Waals surface area contributed by atoms with Gasteiger partial charge in [-0.25, -0.2) is 4.39 Å². The Morgan fingerprint density at radius 1 is 1.36 bits per heavy atom. The third kappa shape index (κ3) is 5.12. The van der Waals surface area contributed by atoms with Crippen molar-refractivity contribution in [2.24, 2.45) is 0 Å². The fourth-order valence-corrected chi connectivity index (χ4v) is 5.02. The number of benzene rings is 1. The summed E-state index contributed by atoms with van der Waals surface area (Å²) in [5, 5.41) is 9.44.